The molecule has 1 aromatic heterocycles. The summed E-state index contributed by atoms with van der Waals surface area (Å²) in [7, 11) is 3.18. The van der Waals surface area contributed by atoms with Crippen LogP contribution in [-0.4, -0.2) is 42.4 Å². The third-order valence-corrected chi connectivity index (χ3v) is 2.13. The molecule has 0 saturated heterocycles. The normalized spacial score (nSPS) is 9.80. The van der Waals surface area contributed by atoms with Crippen molar-refractivity contribution in [1.82, 2.24) is 9.88 Å². The lowest BCUT2D eigenvalue weighted by molar-refractivity contribution is 0.0799. The molecular weight excluding hydrogens is 216 g/mol. The molecule has 1 amide bonds. The van der Waals surface area contributed by atoms with Gasteiger partial charge in [-0.2, -0.15) is 0 Å². The van der Waals surface area contributed by atoms with Crippen molar-refractivity contribution >= 4 is 17.5 Å². The molecule has 5 heteroatoms. The number of rotatable bonds is 4. The topological polar surface area (TPSA) is 42.4 Å². The number of methoxy groups -OCH3 is 1. The molecule has 0 spiro atoms. The quantitative estimate of drug-likeness (QED) is 0.732. The first kappa shape index (κ1) is 11.8. The molecular formula is C10H13ClN2O2. The van der Waals surface area contributed by atoms with Crippen LogP contribution in [0.1, 0.15) is 10.4 Å². The highest BCUT2D eigenvalue weighted by Crippen LogP contribution is 2.15. The third kappa shape index (κ3) is 2.83. The minimum absolute atomic E-state index is 0.138. The zero-order valence-electron chi connectivity index (χ0n) is 8.74. The van der Waals surface area contributed by atoms with Crippen molar-refractivity contribution < 1.29 is 9.53 Å². The first-order chi connectivity index (χ1) is 7.20. The number of carbonyl (C=O) groups excluding carboxylic acids is 1. The van der Waals surface area contributed by atoms with Crippen LogP contribution < -0.4 is 4.74 Å². The standard InChI is InChI=1S/C10H13ClN2O2/c1-13(7-5-11)10(14)8-4-3-6-12-9(8)15-2/h3-4,6H,5,7H2,1-2H3. The minimum atomic E-state index is -0.138. The molecule has 0 aliphatic rings. The molecule has 0 aromatic carbocycles. The van der Waals surface area contributed by atoms with Gasteiger partial charge in [-0.15, -0.1) is 11.6 Å². The van der Waals surface area contributed by atoms with Crippen molar-refractivity contribution in [2.75, 3.05) is 26.6 Å². The number of nitrogens with zero attached hydrogens (tertiary/aromatic N) is 2. The van der Waals surface area contributed by atoms with Gasteiger partial charge in [0.25, 0.3) is 5.91 Å². The summed E-state index contributed by atoms with van der Waals surface area (Å²) in [5.74, 6) is 0.606. The maximum absolute atomic E-state index is 11.9. The highest BCUT2D eigenvalue weighted by molar-refractivity contribution is 6.18. The molecule has 0 fully saturated rings. The first-order valence-electron chi connectivity index (χ1n) is 4.51. The fourth-order valence-corrected chi connectivity index (χ4v) is 1.40. The second-order valence-corrected chi connectivity index (χ2v) is 3.35. The zero-order valence-corrected chi connectivity index (χ0v) is 9.49. The predicted molar refractivity (Wildman–Crippen MR) is 58.5 cm³/mol. The van der Waals surface area contributed by atoms with Gasteiger partial charge >= 0.3 is 0 Å². The summed E-state index contributed by atoms with van der Waals surface area (Å²) < 4.78 is 5.00. The van der Waals surface area contributed by atoms with Gasteiger partial charge in [0.2, 0.25) is 5.88 Å². The summed E-state index contributed by atoms with van der Waals surface area (Å²) in [6.45, 7) is 0.498. The van der Waals surface area contributed by atoms with E-state index in [1.54, 1.807) is 25.4 Å². The van der Waals surface area contributed by atoms with E-state index in [9.17, 15) is 4.79 Å². The van der Waals surface area contributed by atoms with Crippen LogP contribution >= 0.6 is 11.6 Å². The van der Waals surface area contributed by atoms with Gasteiger partial charge in [0.1, 0.15) is 5.56 Å². The second-order valence-electron chi connectivity index (χ2n) is 2.98. The van der Waals surface area contributed by atoms with Gasteiger partial charge in [-0.05, 0) is 12.1 Å². The van der Waals surface area contributed by atoms with Gasteiger partial charge in [-0.1, -0.05) is 0 Å². The largest absolute Gasteiger partial charge is 0.480 e. The number of ether oxygens (including phenoxy) is 1. The zero-order chi connectivity index (χ0) is 11.3. The van der Waals surface area contributed by atoms with Crippen molar-refractivity contribution in [2.45, 2.75) is 0 Å². The van der Waals surface area contributed by atoms with E-state index in [2.05, 4.69) is 4.98 Å². The lowest BCUT2D eigenvalue weighted by atomic mass is 10.2. The van der Waals surface area contributed by atoms with E-state index >= 15 is 0 Å². The van der Waals surface area contributed by atoms with Crippen LogP contribution in [0.2, 0.25) is 0 Å². The maximum atomic E-state index is 11.9. The number of amides is 1. The van der Waals surface area contributed by atoms with Gasteiger partial charge in [0.15, 0.2) is 0 Å². The van der Waals surface area contributed by atoms with Crippen LogP contribution in [0, 0.1) is 0 Å². The molecule has 15 heavy (non-hydrogen) atoms. The average molecular weight is 229 g/mol. The van der Waals surface area contributed by atoms with E-state index in [0.717, 1.165) is 0 Å². The molecule has 0 aliphatic heterocycles. The third-order valence-electron chi connectivity index (χ3n) is 1.96. The van der Waals surface area contributed by atoms with E-state index < -0.39 is 0 Å². The highest BCUT2D eigenvalue weighted by atomic mass is 35.5. The Kier molecular flexibility index (Phi) is 4.37. The lowest BCUT2D eigenvalue weighted by Gasteiger charge is -2.16. The summed E-state index contributed by atoms with van der Waals surface area (Å²) in [6, 6.07) is 3.38. The van der Waals surface area contributed by atoms with Crippen molar-refractivity contribution in [3.05, 3.63) is 23.9 Å². The van der Waals surface area contributed by atoms with Crippen molar-refractivity contribution in [3.8, 4) is 5.88 Å². The molecule has 0 atom stereocenters. The summed E-state index contributed by atoms with van der Waals surface area (Å²) in [5.41, 5.74) is 0.451. The van der Waals surface area contributed by atoms with Gasteiger partial charge in [-0.3, -0.25) is 4.79 Å². The Morgan fingerprint density at radius 3 is 3.00 bits per heavy atom. The van der Waals surface area contributed by atoms with E-state index in [-0.39, 0.29) is 5.91 Å². The molecule has 0 unspecified atom stereocenters. The molecule has 1 rings (SSSR count). The monoisotopic (exact) mass is 228 g/mol. The predicted octanol–water partition coefficient (Wildman–Crippen LogP) is 1.40. The summed E-state index contributed by atoms with van der Waals surface area (Å²) in [5, 5.41) is 0. The number of carbonyl (C=O) groups is 1. The number of halogens is 1. The smallest absolute Gasteiger partial charge is 0.259 e. The van der Waals surface area contributed by atoms with Crippen LogP contribution in [0.5, 0.6) is 5.88 Å². The number of alkyl halides is 1. The van der Waals surface area contributed by atoms with Gasteiger partial charge in [-0.25, -0.2) is 4.98 Å². The van der Waals surface area contributed by atoms with Crippen molar-refractivity contribution in [2.24, 2.45) is 0 Å². The molecule has 0 N–H and O–H groups in total. The molecule has 0 bridgehead atoms. The second kappa shape index (κ2) is 5.56. The van der Waals surface area contributed by atoms with Crippen LogP contribution in [0.3, 0.4) is 0 Å². The number of pyridine rings is 1. The van der Waals surface area contributed by atoms with E-state index in [1.165, 1.54) is 12.0 Å². The van der Waals surface area contributed by atoms with Crippen LogP contribution in [-0.2, 0) is 0 Å². The average Bonchev–Trinajstić information content (AvgIpc) is 2.28. The molecule has 0 radical (unpaired) electrons. The highest BCUT2D eigenvalue weighted by Gasteiger charge is 2.16. The maximum Gasteiger partial charge on any atom is 0.259 e. The van der Waals surface area contributed by atoms with Crippen LogP contribution in [0.15, 0.2) is 18.3 Å². The summed E-state index contributed by atoms with van der Waals surface area (Å²) in [4.78, 5) is 17.4. The molecule has 1 heterocycles. The Morgan fingerprint density at radius 2 is 2.40 bits per heavy atom. The summed E-state index contributed by atoms with van der Waals surface area (Å²) in [6.07, 6.45) is 1.58. The van der Waals surface area contributed by atoms with E-state index in [4.69, 9.17) is 16.3 Å². The number of hydrogen-bond acceptors (Lipinski definition) is 3. The van der Waals surface area contributed by atoms with Crippen molar-refractivity contribution in [1.29, 1.82) is 0 Å². The molecule has 0 aliphatic carbocycles. The lowest BCUT2D eigenvalue weighted by Crippen LogP contribution is -2.29. The first-order valence-corrected chi connectivity index (χ1v) is 5.04. The number of aromatic nitrogens is 1. The van der Waals surface area contributed by atoms with E-state index in [0.29, 0.717) is 23.9 Å². The molecule has 1 aromatic rings. The van der Waals surface area contributed by atoms with Crippen molar-refractivity contribution in [3.63, 3.8) is 0 Å². The molecule has 82 valence electrons. The molecule has 0 saturated carbocycles. The fraction of sp³-hybridized carbons (Fsp3) is 0.400. The van der Waals surface area contributed by atoms with Crippen LogP contribution in [0.25, 0.3) is 0 Å². The minimum Gasteiger partial charge on any atom is -0.480 e. The van der Waals surface area contributed by atoms with Crippen LogP contribution in [0.4, 0.5) is 0 Å². The van der Waals surface area contributed by atoms with Gasteiger partial charge in [0, 0.05) is 25.7 Å². The fourth-order valence-electron chi connectivity index (χ4n) is 1.15. The Bertz CT molecular complexity index is 344. The summed E-state index contributed by atoms with van der Waals surface area (Å²) >= 11 is 5.56. The molecule has 4 nitrogen and oxygen atoms in total. The van der Waals surface area contributed by atoms with E-state index in [1.807, 2.05) is 0 Å². The Hall–Kier alpha value is -1.29. The number of hydrogen-bond donors (Lipinski definition) is 0. The van der Waals surface area contributed by atoms with Gasteiger partial charge < -0.3 is 9.64 Å². The Morgan fingerprint density at radius 1 is 1.67 bits per heavy atom. The Balaban J connectivity index is 2.90. The Labute approximate surface area is 93.8 Å². The van der Waals surface area contributed by atoms with Gasteiger partial charge in [0.05, 0.1) is 7.11 Å². The SMILES string of the molecule is COc1ncccc1C(=O)N(C)CCCl.